The van der Waals surface area contributed by atoms with Crippen molar-refractivity contribution in [3.05, 3.63) is 0 Å². The SMILES string of the molecule is CCN(CC1CC1)C1CCCC(O)C1. The second-order valence-electron chi connectivity index (χ2n) is 5.01. The minimum Gasteiger partial charge on any atom is -0.393 e. The van der Waals surface area contributed by atoms with Gasteiger partial charge in [0.05, 0.1) is 6.10 Å². The molecule has 0 aliphatic heterocycles. The Bertz CT molecular complexity index is 177. The van der Waals surface area contributed by atoms with E-state index in [0.717, 1.165) is 25.3 Å². The highest BCUT2D eigenvalue weighted by Gasteiger charge is 2.29. The molecule has 2 saturated carbocycles. The molecule has 2 unspecified atom stereocenters. The third kappa shape index (κ3) is 2.71. The summed E-state index contributed by atoms with van der Waals surface area (Å²) in [7, 11) is 0. The topological polar surface area (TPSA) is 23.5 Å². The monoisotopic (exact) mass is 197 g/mol. The number of rotatable bonds is 4. The summed E-state index contributed by atoms with van der Waals surface area (Å²) < 4.78 is 0. The van der Waals surface area contributed by atoms with Gasteiger partial charge in [-0.05, 0) is 51.0 Å². The van der Waals surface area contributed by atoms with Crippen LogP contribution in [0.5, 0.6) is 0 Å². The van der Waals surface area contributed by atoms with Crippen molar-refractivity contribution in [1.29, 1.82) is 0 Å². The van der Waals surface area contributed by atoms with Crippen molar-refractivity contribution in [2.24, 2.45) is 5.92 Å². The van der Waals surface area contributed by atoms with Gasteiger partial charge < -0.3 is 10.0 Å². The molecule has 0 spiro atoms. The van der Waals surface area contributed by atoms with E-state index in [1.54, 1.807) is 0 Å². The van der Waals surface area contributed by atoms with E-state index in [9.17, 15) is 5.11 Å². The minimum atomic E-state index is -0.0259. The van der Waals surface area contributed by atoms with E-state index >= 15 is 0 Å². The highest BCUT2D eigenvalue weighted by Crippen LogP contribution is 2.32. The second kappa shape index (κ2) is 4.63. The lowest BCUT2D eigenvalue weighted by Gasteiger charge is -2.35. The Balaban J connectivity index is 1.82. The number of hydrogen-bond acceptors (Lipinski definition) is 2. The summed E-state index contributed by atoms with van der Waals surface area (Å²) in [4.78, 5) is 2.60. The van der Waals surface area contributed by atoms with E-state index in [0.29, 0.717) is 6.04 Å². The fourth-order valence-corrected chi connectivity index (χ4v) is 2.64. The predicted molar refractivity (Wildman–Crippen MR) is 58.2 cm³/mol. The molecule has 0 aromatic heterocycles. The van der Waals surface area contributed by atoms with Gasteiger partial charge in [-0.2, -0.15) is 0 Å². The number of nitrogens with zero attached hydrogens (tertiary/aromatic N) is 1. The molecule has 14 heavy (non-hydrogen) atoms. The average molecular weight is 197 g/mol. The lowest BCUT2D eigenvalue weighted by atomic mass is 9.91. The van der Waals surface area contributed by atoms with Gasteiger partial charge >= 0.3 is 0 Å². The van der Waals surface area contributed by atoms with E-state index in [4.69, 9.17) is 0 Å². The number of aliphatic hydroxyl groups excluding tert-OH is 1. The Morgan fingerprint density at radius 2 is 2.00 bits per heavy atom. The molecule has 0 saturated heterocycles. The van der Waals surface area contributed by atoms with Crippen LogP contribution in [-0.2, 0) is 0 Å². The molecule has 2 atom stereocenters. The zero-order valence-corrected chi connectivity index (χ0v) is 9.28. The van der Waals surface area contributed by atoms with Gasteiger partial charge in [0.1, 0.15) is 0 Å². The highest BCUT2D eigenvalue weighted by molar-refractivity contribution is 4.84. The van der Waals surface area contributed by atoms with Crippen molar-refractivity contribution in [2.75, 3.05) is 13.1 Å². The van der Waals surface area contributed by atoms with Gasteiger partial charge in [-0.25, -0.2) is 0 Å². The zero-order valence-electron chi connectivity index (χ0n) is 9.28. The summed E-state index contributed by atoms with van der Waals surface area (Å²) in [6.07, 6.45) is 7.40. The maximum atomic E-state index is 9.65. The van der Waals surface area contributed by atoms with Crippen LogP contribution >= 0.6 is 0 Å². The first-order valence-electron chi connectivity index (χ1n) is 6.21. The fraction of sp³-hybridized carbons (Fsp3) is 1.00. The first-order valence-corrected chi connectivity index (χ1v) is 6.21. The standard InChI is InChI=1S/C12H23NO/c1-2-13(9-10-6-7-10)11-4-3-5-12(14)8-11/h10-12,14H,2-9H2,1H3. The van der Waals surface area contributed by atoms with Gasteiger partial charge in [0.25, 0.3) is 0 Å². The number of aliphatic hydroxyl groups is 1. The average Bonchev–Trinajstić information content (AvgIpc) is 2.98. The van der Waals surface area contributed by atoms with E-state index in [-0.39, 0.29) is 6.10 Å². The Morgan fingerprint density at radius 1 is 1.21 bits per heavy atom. The first kappa shape index (κ1) is 10.4. The van der Waals surface area contributed by atoms with Crippen molar-refractivity contribution in [2.45, 2.75) is 57.6 Å². The van der Waals surface area contributed by atoms with Crippen molar-refractivity contribution >= 4 is 0 Å². The van der Waals surface area contributed by atoms with E-state index in [1.165, 1.54) is 32.2 Å². The smallest absolute Gasteiger partial charge is 0.0555 e. The van der Waals surface area contributed by atoms with Gasteiger partial charge in [-0.3, -0.25) is 0 Å². The van der Waals surface area contributed by atoms with Crippen LogP contribution in [0.4, 0.5) is 0 Å². The van der Waals surface area contributed by atoms with Gasteiger partial charge in [0.15, 0.2) is 0 Å². The Labute approximate surface area is 87.3 Å². The molecule has 0 radical (unpaired) electrons. The third-order valence-corrected chi connectivity index (χ3v) is 3.73. The fourth-order valence-electron chi connectivity index (χ4n) is 2.64. The molecular formula is C12H23NO. The van der Waals surface area contributed by atoms with Crippen LogP contribution in [0.3, 0.4) is 0 Å². The Hall–Kier alpha value is -0.0800. The quantitative estimate of drug-likeness (QED) is 0.745. The molecule has 2 fully saturated rings. The normalized spacial score (nSPS) is 33.6. The summed E-state index contributed by atoms with van der Waals surface area (Å²) in [6.45, 7) is 4.70. The molecule has 2 heteroatoms. The summed E-state index contributed by atoms with van der Waals surface area (Å²) in [5.74, 6) is 0.981. The van der Waals surface area contributed by atoms with Crippen molar-refractivity contribution < 1.29 is 5.11 Å². The molecule has 1 N–H and O–H groups in total. The van der Waals surface area contributed by atoms with Crippen LogP contribution in [0.15, 0.2) is 0 Å². The molecular weight excluding hydrogens is 174 g/mol. The molecule has 0 aromatic carbocycles. The first-order chi connectivity index (χ1) is 6.79. The van der Waals surface area contributed by atoms with Crippen LogP contribution in [0.2, 0.25) is 0 Å². The van der Waals surface area contributed by atoms with E-state index in [1.807, 2.05) is 0 Å². The Kier molecular flexibility index (Phi) is 3.45. The maximum absolute atomic E-state index is 9.65. The van der Waals surface area contributed by atoms with Gasteiger partial charge in [0.2, 0.25) is 0 Å². The minimum absolute atomic E-state index is 0.0259. The van der Waals surface area contributed by atoms with Crippen molar-refractivity contribution in [1.82, 2.24) is 4.90 Å². The lowest BCUT2D eigenvalue weighted by molar-refractivity contribution is 0.0619. The molecule has 82 valence electrons. The van der Waals surface area contributed by atoms with Crippen LogP contribution in [0.25, 0.3) is 0 Å². The van der Waals surface area contributed by atoms with Crippen molar-refractivity contribution in [3.63, 3.8) is 0 Å². The summed E-state index contributed by atoms with van der Waals surface area (Å²) >= 11 is 0. The van der Waals surface area contributed by atoms with Crippen LogP contribution < -0.4 is 0 Å². The largest absolute Gasteiger partial charge is 0.393 e. The van der Waals surface area contributed by atoms with Crippen LogP contribution in [0.1, 0.15) is 45.4 Å². The van der Waals surface area contributed by atoms with Crippen molar-refractivity contribution in [3.8, 4) is 0 Å². The zero-order chi connectivity index (χ0) is 9.97. The molecule has 2 aliphatic rings. The van der Waals surface area contributed by atoms with Gasteiger partial charge in [-0.15, -0.1) is 0 Å². The molecule has 0 aromatic rings. The highest BCUT2D eigenvalue weighted by atomic mass is 16.3. The summed E-state index contributed by atoms with van der Waals surface area (Å²) in [5, 5.41) is 9.65. The summed E-state index contributed by atoms with van der Waals surface area (Å²) in [5.41, 5.74) is 0. The van der Waals surface area contributed by atoms with Gasteiger partial charge in [0, 0.05) is 12.6 Å². The third-order valence-electron chi connectivity index (χ3n) is 3.73. The molecule has 0 amide bonds. The second-order valence-corrected chi connectivity index (χ2v) is 5.01. The molecule has 0 heterocycles. The lowest BCUT2D eigenvalue weighted by Crippen LogP contribution is -2.41. The predicted octanol–water partition coefficient (Wildman–Crippen LogP) is 2.02. The molecule has 2 nitrogen and oxygen atoms in total. The number of hydrogen-bond donors (Lipinski definition) is 1. The van der Waals surface area contributed by atoms with E-state index < -0.39 is 0 Å². The van der Waals surface area contributed by atoms with Gasteiger partial charge in [-0.1, -0.05) is 6.92 Å². The summed E-state index contributed by atoms with van der Waals surface area (Å²) in [6, 6.07) is 0.671. The molecule has 2 rings (SSSR count). The molecule has 2 aliphatic carbocycles. The molecule has 0 bridgehead atoms. The maximum Gasteiger partial charge on any atom is 0.0555 e. The van der Waals surface area contributed by atoms with Crippen LogP contribution in [-0.4, -0.2) is 35.2 Å². The van der Waals surface area contributed by atoms with Crippen LogP contribution in [0, 0.1) is 5.92 Å². The van der Waals surface area contributed by atoms with E-state index in [2.05, 4.69) is 11.8 Å². The Morgan fingerprint density at radius 3 is 2.57 bits per heavy atom.